The van der Waals surface area contributed by atoms with E-state index >= 15 is 0 Å². The monoisotopic (exact) mass is 394 g/mol. The van der Waals surface area contributed by atoms with Gasteiger partial charge in [0, 0.05) is 0 Å². The third-order valence-corrected chi connectivity index (χ3v) is 4.32. The minimum Gasteiger partial charge on any atom is -0.475 e. The van der Waals surface area contributed by atoms with E-state index in [-0.39, 0.29) is 6.54 Å². The maximum absolute atomic E-state index is 12.0. The van der Waals surface area contributed by atoms with Crippen LogP contribution in [0.3, 0.4) is 0 Å². The Bertz CT molecular complexity index is 493. The minimum absolute atomic E-state index is 0.0489. The maximum atomic E-state index is 12.0. The van der Waals surface area contributed by atoms with Crippen LogP contribution in [0, 0.1) is 0 Å². The van der Waals surface area contributed by atoms with Crippen LogP contribution in [0.1, 0.15) is 6.92 Å². The number of carboxylic acids is 1. The largest absolute Gasteiger partial charge is 0.490 e. The van der Waals surface area contributed by atoms with Crippen LogP contribution in [-0.4, -0.2) is 86.9 Å². The molecule has 0 spiro atoms. The van der Waals surface area contributed by atoms with Gasteiger partial charge in [-0.1, -0.05) is 11.8 Å². The average molecular weight is 394 g/mol. The van der Waals surface area contributed by atoms with E-state index in [1.807, 2.05) is 0 Å². The van der Waals surface area contributed by atoms with Crippen molar-refractivity contribution < 1.29 is 47.5 Å². The summed E-state index contributed by atoms with van der Waals surface area (Å²) in [5, 5.41) is 39.8. The molecule has 2 aliphatic rings. The van der Waals surface area contributed by atoms with Gasteiger partial charge in [-0.25, -0.2) is 9.18 Å². The van der Waals surface area contributed by atoms with Gasteiger partial charge in [-0.15, -0.1) is 0 Å². The number of halogens is 4. The third kappa shape index (κ3) is 5.95. The molecule has 25 heavy (non-hydrogen) atoms. The molecule has 2 heterocycles. The molecule has 0 aromatic rings. The number of carbonyl (C=O) groups is 1. The Morgan fingerprint density at radius 2 is 1.96 bits per heavy atom. The average Bonchev–Trinajstić information content (AvgIpc) is 2.91. The molecule has 2 fully saturated rings. The molecule has 0 radical (unpaired) electrons. The second-order valence-corrected chi connectivity index (χ2v) is 6.24. The van der Waals surface area contributed by atoms with Gasteiger partial charge >= 0.3 is 12.1 Å². The molecular weight excluding hydrogens is 376 g/mol. The molecule has 0 bridgehead atoms. The minimum atomic E-state index is -5.08. The number of alkyl halides is 4. The highest BCUT2D eigenvalue weighted by atomic mass is 32.2. The van der Waals surface area contributed by atoms with Gasteiger partial charge in [-0.2, -0.15) is 13.2 Å². The first-order valence-corrected chi connectivity index (χ1v) is 7.90. The van der Waals surface area contributed by atoms with Crippen LogP contribution >= 0.6 is 11.8 Å². The van der Waals surface area contributed by atoms with Crippen molar-refractivity contribution in [2.75, 3.05) is 13.2 Å². The first kappa shape index (κ1) is 21.9. The van der Waals surface area contributed by atoms with Crippen molar-refractivity contribution in [3.8, 4) is 0 Å². The number of nitrogens with zero attached hydrogens (tertiary/aromatic N) is 1. The number of aliphatic hydroxyl groups excluding tert-OH is 3. The summed E-state index contributed by atoms with van der Waals surface area (Å²) in [6.07, 6.45) is -9.03. The number of rotatable bonds is 3. The summed E-state index contributed by atoms with van der Waals surface area (Å²) in [6.45, 7) is 0.989. The van der Waals surface area contributed by atoms with Crippen molar-refractivity contribution in [1.29, 1.82) is 0 Å². The standard InChI is InChI=1S/C10H17FN2O4S.C2HF3O2/c1-4(14)8-7(16)6(15)5-9(17-8)18-10(13-5)12-3-2-11;3-2(4,5)1(6)7/h4-9,14-16H,2-3H2,1H3,(H,12,13);(H,6,7)/t4-,5+,6+,7-,8+,9+;/m0./s1. The highest BCUT2D eigenvalue weighted by Gasteiger charge is 2.50. The summed E-state index contributed by atoms with van der Waals surface area (Å²) in [7, 11) is 0. The molecule has 0 amide bonds. The normalized spacial score (nSPS) is 34.6. The maximum Gasteiger partial charge on any atom is 0.490 e. The molecule has 13 heteroatoms. The molecular formula is C12H18F4N2O6S. The van der Waals surface area contributed by atoms with E-state index in [9.17, 15) is 32.9 Å². The van der Waals surface area contributed by atoms with E-state index in [1.165, 1.54) is 18.7 Å². The lowest BCUT2D eigenvalue weighted by atomic mass is 9.95. The number of aliphatic hydroxyl groups is 3. The van der Waals surface area contributed by atoms with Crippen molar-refractivity contribution in [3.63, 3.8) is 0 Å². The van der Waals surface area contributed by atoms with Crippen molar-refractivity contribution in [2.45, 2.75) is 49.0 Å². The summed E-state index contributed by atoms with van der Waals surface area (Å²) in [4.78, 5) is 12.8. The zero-order valence-electron chi connectivity index (χ0n) is 12.9. The summed E-state index contributed by atoms with van der Waals surface area (Å²) < 4.78 is 49.3. The lowest BCUT2D eigenvalue weighted by Gasteiger charge is -2.40. The molecule has 6 atom stereocenters. The fourth-order valence-corrected chi connectivity index (χ4v) is 3.20. The van der Waals surface area contributed by atoms with Crippen LogP contribution in [0.15, 0.2) is 4.99 Å². The fraction of sp³-hybridized carbons (Fsp3) is 0.833. The summed E-state index contributed by atoms with van der Waals surface area (Å²) in [5.41, 5.74) is -0.443. The molecule has 0 aliphatic carbocycles. The number of aliphatic carboxylic acids is 1. The van der Waals surface area contributed by atoms with Crippen LogP contribution in [0.4, 0.5) is 17.6 Å². The van der Waals surface area contributed by atoms with Gasteiger partial charge in [0.1, 0.15) is 30.4 Å². The van der Waals surface area contributed by atoms with Gasteiger partial charge < -0.3 is 30.5 Å². The quantitative estimate of drug-likeness (QED) is 0.404. The molecule has 2 rings (SSSR count). The van der Waals surface area contributed by atoms with Gasteiger partial charge in [0.25, 0.3) is 0 Å². The Kier molecular flexibility index (Phi) is 7.87. The van der Waals surface area contributed by atoms with E-state index in [4.69, 9.17) is 14.6 Å². The molecule has 2 aliphatic heterocycles. The first-order chi connectivity index (χ1) is 11.5. The third-order valence-electron chi connectivity index (χ3n) is 3.21. The second-order valence-electron chi connectivity index (χ2n) is 5.16. The number of ether oxygens (including phenoxy) is 1. The van der Waals surface area contributed by atoms with Crippen LogP contribution in [0.2, 0.25) is 0 Å². The van der Waals surface area contributed by atoms with Crippen LogP contribution in [0.25, 0.3) is 0 Å². The number of hydrogen-bond acceptors (Lipinski definition) is 7. The van der Waals surface area contributed by atoms with E-state index in [2.05, 4.69) is 10.3 Å². The lowest BCUT2D eigenvalue weighted by molar-refractivity contribution is -0.192. The van der Waals surface area contributed by atoms with Crippen LogP contribution < -0.4 is 5.32 Å². The Labute approximate surface area is 143 Å². The number of nitrogens with one attached hydrogen (secondary N) is 1. The summed E-state index contributed by atoms with van der Waals surface area (Å²) >= 11 is 1.23. The SMILES string of the molecule is C[C@H](O)[C@H]1O[C@@H]2SC(=NCCF)N[C@@H]2[C@@H](O)[C@@H]1O.O=C(O)C(F)(F)F. The Morgan fingerprint density at radius 3 is 2.40 bits per heavy atom. The van der Waals surface area contributed by atoms with Gasteiger partial charge in [0.2, 0.25) is 0 Å². The van der Waals surface area contributed by atoms with E-state index in [0.29, 0.717) is 5.17 Å². The van der Waals surface area contributed by atoms with Gasteiger partial charge in [0.15, 0.2) is 5.17 Å². The molecule has 0 aromatic heterocycles. The molecule has 2 saturated heterocycles. The van der Waals surface area contributed by atoms with Crippen molar-refractivity contribution in [2.24, 2.45) is 4.99 Å². The number of carboxylic acid groups (broad SMARTS) is 1. The molecule has 5 N–H and O–H groups in total. The lowest BCUT2D eigenvalue weighted by Crippen LogP contribution is -2.61. The van der Waals surface area contributed by atoms with Crippen molar-refractivity contribution >= 4 is 22.9 Å². The van der Waals surface area contributed by atoms with Crippen LogP contribution in [0.5, 0.6) is 0 Å². The van der Waals surface area contributed by atoms with E-state index in [1.54, 1.807) is 0 Å². The van der Waals surface area contributed by atoms with Crippen molar-refractivity contribution in [3.05, 3.63) is 0 Å². The first-order valence-electron chi connectivity index (χ1n) is 7.02. The van der Waals surface area contributed by atoms with E-state index < -0.39 is 54.7 Å². The highest BCUT2D eigenvalue weighted by Crippen LogP contribution is 2.34. The predicted octanol–water partition coefficient (Wildman–Crippen LogP) is -0.522. The number of hydrogen-bond donors (Lipinski definition) is 5. The Hall–Kier alpha value is -1.15. The van der Waals surface area contributed by atoms with E-state index in [0.717, 1.165) is 0 Å². The van der Waals surface area contributed by atoms with Crippen molar-refractivity contribution in [1.82, 2.24) is 5.32 Å². The zero-order chi connectivity index (χ0) is 19.4. The van der Waals surface area contributed by atoms with Gasteiger partial charge in [0.05, 0.1) is 18.7 Å². The summed E-state index contributed by atoms with van der Waals surface area (Å²) in [6, 6.07) is -0.502. The Morgan fingerprint density at radius 1 is 1.40 bits per heavy atom. The van der Waals surface area contributed by atoms with Crippen LogP contribution in [-0.2, 0) is 9.53 Å². The molecule has 0 saturated carbocycles. The molecule has 0 unspecified atom stereocenters. The van der Waals surface area contributed by atoms with Gasteiger partial charge in [-0.05, 0) is 6.92 Å². The second kappa shape index (κ2) is 8.98. The number of amidine groups is 1. The smallest absolute Gasteiger partial charge is 0.475 e. The van der Waals surface area contributed by atoms with Gasteiger partial charge in [-0.3, -0.25) is 4.99 Å². The molecule has 146 valence electrons. The fourth-order valence-electron chi connectivity index (χ4n) is 2.05. The highest BCUT2D eigenvalue weighted by molar-refractivity contribution is 8.14. The zero-order valence-corrected chi connectivity index (χ0v) is 13.7. The number of fused-ring (bicyclic) bond motifs is 1. The molecule has 8 nitrogen and oxygen atoms in total. The predicted molar refractivity (Wildman–Crippen MR) is 78.8 cm³/mol. The number of aliphatic imine (C=N–C) groups is 1. The Balaban J connectivity index is 0.000000381. The molecule has 0 aromatic carbocycles. The number of thioether (sulfide) groups is 1. The topological polar surface area (TPSA) is 132 Å². The summed E-state index contributed by atoms with van der Waals surface area (Å²) in [5.74, 6) is -2.76.